The van der Waals surface area contributed by atoms with Crippen molar-refractivity contribution in [2.45, 2.75) is 0 Å². The summed E-state index contributed by atoms with van der Waals surface area (Å²) in [6, 6.07) is 59.7. The van der Waals surface area contributed by atoms with Gasteiger partial charge in [0.05, 0.1) is 0 Å². The fourth-order valence-electron chi connectivity index (χ4n) is 6.47. The van der Waals surface area contributed by atoms with Crippen LogP contribution in [0.2, 0.25) is 0 Å². The van der Waals surface area contributed by atoms with Crippen LogP contribution in [0.5, 0.6) is 0 Å². The van der Waals surface area contributed by atoms with Gasteiger partial charge in [-0.25, -0.2) is 4.98 Å². The normalized spacial score (nSPS) is 11.4. The molecule has 4 heteroatoms. The second-order valence-electron chi connectivity index (χ2n) is 11.6. The van der Waals surface area contributed by atoms with Gasteiger partial charge in [-0.15, -0.1) is 11.3 Å². The summed E-state index contributed by atoms with van der Waals surface area (Å²) >= 11 is 1.82. The van der Waals surface area contributed by atoms with Gasteiger partial charge in [0.1, 0.15) is 5.52 Å². The first-order chi connectivity index (χ1) is 23.3. The van der Waals surface area contributed by atoms with Crippen LogP contribution < -0.4 is 4.90 Å². The zero-order chi connectivity index (χ0) is 31.2. The molecular weight excluding hydrogens is 593 g/mol. The Morgan fingerprint density at radius 2 is 1.04 bits per heavy atom. The van der Waals surface area contributed by atoms with Crippen LogP contribution >= 0.6 is 11.3 Å². The highest BCUT2D eigenvalue weighted by Crippen LogP contribution is 2.45. The third-order valence-corrected chi connectivity index (χ3v) is 9.94. The number of hydrogen-bond donors (Lipinski definition) is 0. The summed E-state index contributed by atoms with van der Waals surface area (Å²) in [6.45, 7) is 0. The molecule has 0 N–H and O–H groups in total. The first-order valence-electron chi connectivity index (χ1n) is 15.7. The molecule has 0 aliphatic carbocycles. The molecule has 0 saturated heterocycles. The van der Waals surface area contributed by atoms with E-state index in [1.807, 2.05) is 35.6 Å². The summed E-state index contributed by atoms with van der Waals surface area (Å²) in [5, 5.41) is 2.40. The minimum Gasteiger partial charge on any atom is -0.436 e. The van der Waals surface area contributed by atoms with Gasteiger partial charge in [0.15, 0.2) is 5.58 Å². The topological polar surface area (TPSA) is 29.3 Å². The predicted molar refractivity (Wildman–Crippen MR) is 198 cm³/mol. The van der Waals surface area contributed by atoms with Crippen molar-refractivity contribution in [1.29, 1.82) is 0 Å². The molecule has 0 saturated carbocycles. The van der Waals surface area contributed by atoms with Gasteiger partial charge in [0.25, 0.3) is 0 Å². The summed E-state index contributed by atoms with van der Waals surface area (Å²) in [6.07, 6.45) is 0. The second kappa shape index (κ2) is 11.4. The summed E-state index contributed by atoms with van der Waals surface area (Å²) in [5.74, 6) is 0.651. The van der Waals surface area contributed by atoms with Gasteiger partial charge in [-0.05, 0) is 82.9 Å². The Balaban J connectivity index is 1.14. The zero-order valence-electron chi connectivity index (χ0n) is 25.4. The van der Waals surface area contributed by atoms with Crippen molar-refractivity contribution in [1.82, 2.24) is 4.98 Å². The quantitative estimate of drug-likeness (QED) is 0.185. The van der Waals surface area contributed by atoms with Gasteiger partial charge in [0, 0.05) is 42.8 Å². The average Bonchev–Trinajstić information content (AvgIpc) is 3.75. The van der Waals surface area contributed by atoms with Crippen molar-refractivity contribution in [2.24, 2.45) is 0 Å². The summed E-state index contributed by atoms with van der Waals surface area (Å²) < 4.78 is 8.75. The minimum atomic E-state index is 0.651. The van der Waals surface area contributed by atoms with Gasteiger partial charge >= 0.3 is 0 Å². The molecule has 0 atom stereocenters. The molecule has 0 radical (unpaired) electrons. The molecule has 3 nitrogen and oxygen atoms in total. The molecule has 0 amide bonds. The Kier molecular flexibility index (Phi) is 6.65. The molecule has 2 heterocycles. The number of aromatic nitrogens is 1. The molecule has 9 aromatic rings. The number of para-hydroxylation sites is 3. The van der Waals surface area contributed by atoms with Gasteiger partial charge in [0.2, 0.25) is 5.89 Å². The van der Waals surface area contributed by atoms with Crippen LogP contribution in [0.3, 0.4) is 0 Å². The van der Waals surface area contributed by atoms with Gasteiger partial charge in [-0.3, -0.25) is 0 Å². The van der Waals surface area contributed by atoms with Crippen LogP contribution in [0.1, 0.15) is 0 Å². The lowest BCUT2D eigenvalue weighted by atomic mass is 9.98. The highest BCUT2D eigenvalue weighted by molar-refractivity contribution is 7.26. The average molecular weight is 621 g/mol. The SMILES string of the molecule is c1ccc(-c2ccc(N(c3ccccc3)c3ccc(-c4ccc(-c5nc6ccccc6o5)c5c4sc4ccccc45)cc3)cc2)cc1. The number of nitrogens with zero attached hydrogens (tertiary/aromatic N) is 2. The standard InChI is InChI=1S/C43H28N2OS/c1-3-11-29(12-4-1)30-19-23-33(24-20-30)45(32-13-5-2-6-14-32)34-25-21-31(22-26-34)35-27-28-37(43-44-38-16-8-9-17-39(38)46-43)41-36-15-7-10-18-40(36)47-42(35)41/h1-28H. The molecule has 0 bridgehead atoms. The van der Waals surface area contributed by atoms with Crippen molar-refractivity contribution in [3.05, 3.63) is 170 Å². The van der Waals surface area contributed by atoms with Crippen molar-refractivity contribution >= 4 is 59.7 Å². The van der Waals surface area contributed by atoms with E-state index in [1.54, 1.807) is 0 Å². The van der Waals surface area contributed by atoms with Crippen molar-refractivity contribution in [3.8, 4) is 33.7 Å². The Morgan fingerprint density at radius 3 is 1.79 bits per heavy atom. The Labute approximate surface area is 276 Å². The summed E-state index contributed by atoms with van der Waals surface area (Å²) in [4.78, 5) is 7.17. The van der Waals surface area contributed by atoms with E-state index < -0.39 is 0 Å². The molecule has 0 unspecified atom stereocenters. The molecule has 222 valence electrons. The van der Waals surface area contributed by atoms with E-state index in [0.29, 0.717) is 5.89 Å². The summed E-state index contributed by atoms with van der Waals surface area (Å²) in [5.41, 5.74) is 10.8. The molecule has 47 heavy (non-hydrogen) atoms. The molecule has 0 fully saturated rings. The molecule has 0 aliphatic rings. The maximum atomic E-state index is 6.27. The molecular formula is C43H28N2OS. The van der Waals surface area contributed by atoms with E-state index in [1.165, 1.54) is 42.4 Å². The molecule has 9 rings (SSSR count). The van der Waals surface area contributed by atoms with Crippen LogP contribution in [0, 0.1) is 0 Å². The zero-order valence-corrected chi connectivity index (χ0v) is 26.2. The Bertz CT molecular complexity index is 2460. The van der Waals surface area contributed by atoms with E-state index >= 15 is 0 Å². The van der Waals surface area contributed by atoms with E-state index in [-0.39, 0.29) is 0 Å². The fraction of sp³-hybridized carbons (Fsp3) is 0. The number of hydrogen-bond acceptors (Lipinski definition) is 4. The molecule has 2 aromatic heterocycles. The summed E-state index contributed by atoms with van der Waals surface area (Å²) in [7, 11) is 0. The van der Waals surface area contributed by atoms with Gasteiger partial charge in [-0.1, -0.05) is 109 Å². The number of rotatable bonds is 6. The maximum absolute atomic E-state index is 6.27. The largest absolute Gasteiger partial charge is 0.436 e. The Hall–Kier alpha value is -5.97. The van der Waals surface area contributed by atoms with Crippen molar-refractivity contribution in [3.63, 3.8) is 0 Å². The highest BCUT2D eigenvalue weighted by atomic mass is 32.1. The van der Waals surface area contributed by atoms with Gasteiger partial charge < -0.3 is 9.32 Å². The molecule has 0 aliphatic heterocycles. The third kappa shape index (κ3) is 4.87. The van der Waals surface area contributed by atoms with E-state index in [4.69, 9.17) is 9.40 Å². The van der Waals surface area contributed by atoms with Crippen molar-refractivity contribution < 1.29 is 4.42 Å². The van der Waals surface area contributed by atoms with Crippen molar-refractivity contribution in [2.75, 3.05) is 4.90 Å². The molecule has 0 spiro atoms. The van der Waals surface area contributed by atoms with E-state index in [2.05, 4.69) is 150 Å². The third-order valence-electron chi connectivity index (χ3n) is 8.73. The Morgan fingerprint density at radius 1 is 0.468 bits per heavy atom. The van der Waals surface area contributed by atoms with Crippen LogP contribution in [-0.2, 0) is 0 Å². The number of oxazole rings is 1. The smallest absolute Gasteiger partial charge is 0.227 e. The number of thiophene rings is 1. The number of fused-ring (bicyclic) bond motifs is 4. The van der Waals surface area contributed by atoms with E-state index in [9.17, 15) is 0 Å². The highest BCUT2D eigenvalue weighted by Gasteiger charge is 2.19. The van der Waals surface area contributed by atoms with Crippen LogP contribution in [0.4, 0.5) is 17.1 Å². The first kappa shape index (κ1) is 27.3. The van der Waals surface area contributed by atoms with Crippen LogP contribution in [0.15, 0.2) is 174 Å². The first-order valence-corrected chi connectivity index (χ1v) is 16.5. The van der Waals surface area contributed by atoms with Crippen LogP contribution in [0.25, 0.3) is 65.0 Å². The van der Waals surface area contributed by atoms with Crippen LogP contribution in [-0.4, -0.2) is 4.98 Å². The maximum Gasteiger partial charge on any atom is 0.227 e. The number of anilines is 3. The lowest BCUT2D eigenvalue weighted by Crippen LogP contribution is -2.09. The fourth-order valence-corrected chi connectivity index (χ4v) is 7.73. The lowest BCUT2D eigenvalue weighted by molar-refractivity contribution is 0.620. The minimum absolute atomic E-state index is 0.651. The van der Waals surface area contributed by atoms with E-state index in [0.717, 1.165) is 33.7 Å². The number of benzene rings is 7. The molecule has 7 aromatic carbocycles. The second-order valence-corrected chi connectivity index (χ2v) is 12.6. The van der Waals surface area contributed by atoms with Gasteiger partial charge in [-0.2, -0.15) is 0 Å². The lowest BCUT2D eigenvalue weighted by Gasteiger charge is -2.26. The monoisotopic (exact) mass is 620 g/mol. The predicted octanol–water partition coefficient (Wildman–Crippen LogP) is 12.7.